The fraction of sp³-hybridized carbons (Fsp3) is 1.00. The summed E-state index contributed by atoms with van der Waals surface area (Å²) in [4.78, 5) is 2.62. The lowest BCUT2D eigenvalue weighted by atomic mass is 9.83. The summed E-state index contributed by atoms with van der Waals surface area (Å²) in [5.41, 5.74) is 0. The van der Waals surface area contributed by atoms with Crippen LogP contribution in [0.1, 0.15) is 65.2 Å². The van der Waals surface area contributed by atoms with E-state index >= 15 is 0 Å². The summed E-state index contributed by atoms with van der Waals surface area (Å²) in [5.74, 6) is 1.29. The largest absolute Gasteiger partial charge is 0.393 e. The molecule has 2 aliphatic rings. The highest BCUT2D eigenvalue weighted by atomic mass is 32.2. The lowest BCUT2D eigenvalue weighted by Crippen LogP contribution is -2.49. The topological polar surface area (TPSA) is 57.6 Å². The van der Waals surface area contributed by atoms with Crippen LogP contribution in [0.4, 0.5) is 0 Å². The van der Waals surface area contributed by atoms with Crippen molar-refractivity contribution in [3.05, 3.63) is 0 Å². The average Bonchev–Trinajstić information content (AvgIpc) is 2.45. The zero-order valence-electron chi connectivity index (χ0n) is 15.1. The molecule has 0 amide bonds. The monoisotopic (exact) mass is 345 g/mol. The number of aliphatic hydroxyl groups excluding tert-OH is 1. The minimum atomic E-state index is -2.91. The Labute approximate surface area is 142 Å². The number of hydrogen-bond donors (Lipinski definition) is 1. The number of aliphatic hydroxyl groups is 1. The molecule has 0 unspecified atom stereocenters. The molecule has 2 rings (SSSR count). The van der Waals surface area contributed by atoms with Gasteiger partial charge >= 0.3 is 0 Å². The first-order valence-corrected chi connectivity index (χ1v) is 11.4. The molecule has 0 aromatic heterocycles. The molecule has 23 heavy (non-hydrogen) atoms. The summed E-state index contributed by atoms with van der Waals surface area (Å²) < 4.78 is 23.2. The number of sulfone groups is 1. The second kappa shape index (κ2) is 8.30. The van der Waals surface area contributed by atoms with Gasteiger partial charge in [0.2, 0.25) is 0 Å². The van der Waals surface area contributed by atoms with Crippen molar-refractivity contribution in [2.45, 2.75) is 83.4 Å². The van der Waals surface area contributed by atoms with Gasteiger partial charge in [0.1, 0.15) is 9.84 Å². The standard InChI is InChI=1S/C18H35NO3S/c1-14-4-6-16(7-5-14)19(12-15(2)13-23(3,21)22)17-8-10-18(20)11-9-17/h14-18,20H,4-13H2,1-3H3/t14?,15-,16?,17?,18?/m1/s1. The van der Waals surface area contributed by atoms with Crippen LogP contribution in [0.15, 0.2) is 0 Å². The Kier molecular flexibility index (Phi) is 6.93. The van der Waals surface area contributed by atoms with Crippen molar-refractivity contribution < 1.29 is 13.5 Å². The molecular weight excluding hydrogens is 310 g/mol. The number of nitrogens with zero attached hydrogens (tertiary/aromatic N) is 1. The van der Waals surface area contributed by atoms with Crippen LogP contribution in [0.5, 0.6) is 0 Å². The van der Waals surface area contributed by atoms with E-state index in [2.05, 4.69) is 18.7 Å². The Hall–Kier alpha value is -0.130. The third-order valence-corrected chi connectivity index (χ3v) is 6.87. The van der Waals surface area contributed by atoms with Crippen molar-refractivity contribution in [1.82, 2.24) is 4.90 Å². The second-order valence-corrected chi connectivity index (χ2v) is 10.5. The predicted octanol–water partition coefficient (Wildman–Crippen LogP) is 2.85. The Morgan fingerprint density at radius 2 is 1.48 bits per heavy atom. The van der Waals surface area contributed by atoms with E-state index in [-0.39, 0.29) is 17.8 Å². The minimum Gasteiger partial charge on any atom is -0.393 e. The zero-order chi connectivity index (χ0) is 17.0. The highest BCUT2D eigenvalue weighted by Gasteiger charge is 2.32. The maximum Gasteiger partial charge on any atom is 0.147 e. The Morgan fingerprint density at radius 1 is 1.00 bits per heavy atom. The van der Waals surface area contributed by atoms with Crippen LogP contribution < -0.4 is 0 Å². The smallest absolute Gasteiger partial charge is 0.147 e. The van der Waals surface area contributed by atoms with Crippen molar-refractivity contribution in [1.29, 1.82) is 0 Å². The quantitative estimate of drug-likeness (QED) is 0.804. The molecule has 0 aromatic rings. The van der Waals surface area contributed by atoms with Gasteiger partial charge in [-0.15, -0.1) is 0 Å². The molecule has 1 atom stereocenters. The van der Waals surface area contributed by atoms with E-state index in [0.29, 0.717) is 12.1 Å². The van der Waals surface area contributed by atoms with Crippen LogP contribution in [-0.4, -0.2) is 55.2 Å². The van der Waals surface area contributed by atoms with Crippen molar-refractivity contribution in [3.8, 4) is 0 Å². The molecule has 0 bridgehead atoms. The molecule has 4 nitrogen and oxygen atoms in total. The lowest BCUT2D eigenvalue weighted by Gasteiger charge is -2.44. The molecular formula is C18H35NO3S. The van der Waals surface area contributed by atoms with E-state index in [1.54, 1.807) is 0 Å². The van der Waals surface area contributed by atoms with E-state index in [1.165, 1.54) is 31.9 Å². The van der Waals surface area contributed by atoms with Crippen molar-refractivity contribution >= 4 is 9.84 Å². The van der Waals surface area contributed by atoms with Crippen LogP contribution in [0.3, 0.4) is 0 Å². The molecule has 0 spiro atoms. The van der Waals surface area contributed by atoms with Gasteiger partial charge in [-0.1, -0.05) is 13.8 Å². The Bertz CT molecular complexity index is 427. The first kappa shape index (κ1) is 19.2. The van der Waals surface area contributed by atoms with Gasteiger partial charge in [0.15, 0.2) is 0 Å². The molecule has 0 aliphatic heterocycles. The van der Waals surface area contributed by atoms with Crippen molar-refractivity contribution in [3.63, 3.8) is 0 Å². The van der Waals surface area contributed by atoms with Gasteiger partial charge in [-0.2, -0.15) is 0 Å². The molecule has 0 heterocycles. The summed E-state index contributed by atoms with van der Waals surface area (Å²) in [7, 11) is -2.91. The van der Waals surface area contributed by atoms with Gasteiger partial charge in [0, 0.05) is 24.9 Å². The van der Waals surface area contributed by atoms with E-state index < -0.39 is 9.84 Å². The molecule has 0 aromatic carbocycles. The van der Waals surface area contributed by atoms with Gasteiger partial charge in [-0.3, -0.25) is 4.90 Å². The third-order valence-electron chi connectivity index (χ3n) is 5.70. The Balaban J connectivity index is 2.01. The Morgan fingerprint density at radius 3 is 1.96 bits per heavy atom. The van der Waals surface area contributed by atoms with Crippen LogP contribution in [0.2, 0.25) is 0 Å². The van der Waals surface area contributed by atoms with Crippen LogP contribution in [-0.2, 0) is 9.84 Å². The average molecular weight is 346 g/mol. The van der Waals surface area contributed by atoms with Crippen LogP contribution in [0, 0.1) is 11.8 Å². The first-order chi connectivity index (χ1) is 10.7. The predicted molar refractivity (Wildman–Crippen MR) is 95.3 cm³/mol. The highest BCUT2D eigenvalue weighted by molar-refractivity contribution is 7.90. The second-order valence-electron chi connectivity index (χ2n) is 8.27. The molecule has 136 valence electrons. The number of rotatable bonds is 6. The maximum absolute atomic E-state index is 11.6. The zero-order valence-corrected chi connectivity index (χ0v) is 15.9. The summed E-state index contributed by atoms with van der Waals surface area (Å²) >= 11 is 0. The van der Waals surface area contributed by atoms with E-state index in [0.717, 1.165) is 38.1 Å². The van der Waals surface area contributed by atoms with Crippen LogP contribution >= 0.6 is 0 Å². The normalized spacial score (nSPS) is 34.5. The molecule has 0 saturated heterocycles. The summed E-state index contributed by atoms with van der Waals surface area (Å²) in [5, 5.41) is 9.79. The van der Waals surface area contributed by atoms with Gasteiger partial charge in [-0.05, 0) is 63.2 Å². The number of hydrogen-bond acceptors (Lipinski definition) is 4. The fourth-order valence-corrected chi connectivity index (χ4v) is 5.63. The molecule has 2 saturated carbocycles. The van der Waals surface area contributed by atoms with Crippen molar-refractivity contribution in [2.75, 3.05) is 18.6 Å². The van der Waals surface area contributed by atoms with E-state index in [1.807, 2.05) is 0 Å². The van der Waals surface area contributed by atoms with Gasteiger partial charge < -0.3 is 5.11 Å². The maximum atomic E-state index is 11.6. The summed E-state index contributed by atoms with van der Waals surface area (Å²) in [6.45, 7) is 5.29. The first-order valence-electron chi connectivity index (χ1n) is 9.36. The molecule has 1 N–H and O–H groups in total. The summed E-state index contributed by atoms with van der Waals surface area (Å²) in [6.07, 6.45) is 10.2. The van der Waals surface area contributed by atoms with E-state index in [9.17, 15) is 13.5 Å². The van der Waals surface area contributed by atoms with Gasteiger partial charge in [0.05, 0.1) is 11.9 Å². The molecule has 2 fully saturated rings. The molecule has 2 aliphatic carbocycles. The van der Waals surface area contributed by atoms with Gasteiger partial charge in [-0.25, -0.2) is 8.42 Å². The van der Waals surface area contributed by atoms with Gasteiger partial charge in [0.25, 0.3) is 0 Å². The molecule has 0 radical (unpaired) electrons. The van der Waals surface area contributed by atoms with Crippen molar-refractivity contribution in [2.24, 2.45) is 11.8 Å². The van der Waals surface area contributed by atoms with Crippen LogP contribution in [0.25, 0.3) is 0 Å². The minimum absolute atomic E-state index is 0.132. The highest BCUT2D eigenvalue weighted by Crippen LogP contribution is 2.33. The summed E-state index contributed by atoms with van der Waals surface area (Å²) in [6, 6.07) is 1.13. The lowest BCUT2D eigenvalue weighted by molar-refractivity contribution is 0.0299. The third kappa shape index (κ3) is 6.35. The van der Waals surface area contributed by atoms with E-state index in [4.69, 9.17) is 0 Å². The SMILES string of the molecule is CC1CCC(N(C[C@@H](C)CS(C)(=O)=O)C2CCC(O)CC2)CC1. The molecule has 5 heteroatoms. The fourth-order valence-electron chi connectivity index (χ4n) is 4.49.